The van der Waals surface area contributed by atoms with Gasteiger partial charge in [0.1, 0.15) is 6.04 Å². The van der Waals surface area contributed by atoms with Crippen LogP contribution in [-0.4, -0.2) is 27.9 Å². The zero-order valence-electron chi connectivity index (χ0n) is 13.0. The van der Waals surface area contributed by atoms with Crippen LogP contribution in [0.15, 0.2) is 48.5 Å². The van der Waals surface area contributed by atoms with Crippen LogP contribution in [0, 0.1) is 13.7 Å². The van der Waals surface area contributed by atoms with Gasteiger partial charge >= 0.3 is 5.97 Å². The van der Waals surface area contributed by atoms with Crippen LogP contribution in [-0.2, 0) is 22.4 Å². The molecular formula is C17H15IN2O5. The second-order valence-electron chi connectivity index (χ2n) is 5.36. The molecule has 0 aliphatic carbocycles. The van der Waals surface area contributed by atoms with E-state index in [1.807, 2.05) is 18.2 Å². The highest BCUT2D eigenvalue weighted by Crippen LogP contribution is 2.15. The number of carbonyl (C=O) groups excluding carboxylic acids is 1. The lowest BCUT2D eigenvalue weighted by atomic mass is 10.1. The Morgan fingerprint density at radius 2 is 1.92 bits per heavy atom. The minimum absolute atomic E-state index is 0.112. The SMILES string of the molecule is O=C(Cc1cccc([N+](=O)[O-])c1)N[C@@H](Cc1ccccc1I)C(=O)O. The number of nitrogens with one attached hydrogen (secondary N) is 1. The number of benzene rings is 2. The van der Waals surface area contributed by atoms with E-state index in [9.17, 15) is 24.8 Å². The molecule has 0 fully saturated rings. The Bertz CT molecular complexity index is 809. The van der Waals surface area contributed by atoms with Gasteiger partial charge in [0, 0.05) is 22.1 Å². The minimum Gasteiger partial charge on any atom is -0.480 e. The lowest BCUT2D eigenvalue weighted by Gasteiger charge is -2.15. The number of carboxylic acids is 1. The fourth-order valence-electron chi connectivity index (χ4n) is 2.29. The van der Waals surface area contributed by atoms with E-state index in [0.29, 0.717) is 5.56 Å². The van der Waals surface area contributed by atoms with Crippen molar-refractivity contribution in [3.8, 4) is 0 Å². The molecule has 25 heavy (non-hydrogen) atoms. The molecule has 2 aromatic rings. The first-order valence-electron chi connectivity index (χ1n) is 7.35. The van der Waals surface area contributed by atoms with Crippen LogP contribution in [0.4, 0.5) is 5.69 Å². The Hall–Kier alpha value is -2.49. The van der Waals surface area contributed by atoms with Crippen molar-refractivity contribution in [3.05, 3.63) is 73.3 Å². The summed E-state index contributed by atoms with van der Waals surface area (Å²) in [7, 11) is 0. The smallest absolute Gasteiger partial charge is 0.326 e. The number of nitro groups is 1. The minimum atomic E-state index is -1.13. The molecule has 0 aliphatic rings. The topological polar surface area (TPSA) is 110 Å². The maximum atomic E-state index is 12.1. The normalized spacial score (nSPS) is 11.6. The molecule has 1 atom stereocenters. The first kappa shape index (κ1) is 18.8. The van der Waals surface area contributed by atoms with Crippen molar-refractivity contribution in [3.63, 3.8) is 0 Å². The van der Waals surface area contributed by atoms with Gasteiger partial charge in [-0.1, -0.05) is 30.3 Å². The molecular weight excluding hydrogens is 439 g/mol. The van der Waals surface area contributed by atoms with Gasteiger partial charge in [-0.25, -0.2) is 4.79 Å². The van der Waals surface area contributed by atoms with E-state index in [1.165, 1.54) is 18.2 Å². The third-order valence-electron chi connectivity index (χ3n) is 3.50. The molecule has 2 aromatic carbocycles. The van der Waals surface area contributed by atoms with Crippen molar-refractivity contribution in [1.29, 1.82) is 0 Å². The molecule has 130 valence electrons. The van der Waals surface area contributed by atoms with E-state index in [-0.39, 0.29) is 18.5 Å². The van der Waals surface area contributed by atoms with Crippen molar-refractivity contribution < 1.29 is 19.6 Å². The van der Waals surface area contributed by atoms with Crippen LogP contribution in [0.2, 0.25) is 0 Å². The lowest BCUT2D eigenvalue weighted by Crippen LogP contribution is -2.43. The highest BCUT2D eigenvalue weighted by molar-refractivity contribution is 14.1. The summed E-state index contributed by atoms with van der Waals surface area (Å²) in [5.41, 5.74) is 1.16. The fourth-order valence-corrected chi connectivity index (χ4v) is 2.90. The number of halogens is 1. The van der Waals surface area contributed by atoms with E-state index < -0.39 is 22.8 Å². The number of non-ortho nitro benzene ring substituents is 1. The number of hydrogen-bond acceptors (Lipinski definition) is 4. The molecule has 0 radical (unpaired) electrons. The Morgan fingerprint density at radius 3 is 2.56 bits per heavy atom. The zero-order valence-corrected chi connectivity index (χ0v) is 15.2. The summed E-state index contributed by atoms with van der Waals surface area (Å²) in [6.45, 7) is 0. The summed E-state index contributed by atoms with van der Waals surface area (Å²) >= 11 is 2.11. The standard InChI is InChI=1S/C17H15IN2O5/c18-14-7-2-1-5-12(14)10-15(17(22)23)19-16(21)9-11-4-3-6-13(8-11)20(24)25/h1-8,15H,9-10H2,(H,19,21)(H,22,23)/t15-/m0/s1. The summed E-state index contributed by atoms with van der Waals surface area (Å²) < 4.78 is 0.916. The van der Waals surface area contributed by atoms with Crippen LogP contribution < -0.4 is 5.32 Å². The quantitative estimate of drug-likeness (QED) is 0.380. The number of nitro benzene ring substituents is 1. The highest BCUT2D eigenvalue weighted by Gasteiger charge is 2.21. The van der Waals surface area contributed by atoms with E-state index in [1.54, 1.807) is 12.1 Å². The molecule has 0 bridgehead atoms. The Kier molecular flexibility index (Phi) is 6.45. The third-order valence-corrected chi connectivity index (χ3v) is 4.55. The Morgan fingerprint density at radius 1 is 1.20 bits per heavy atom. The first-order valence-corrected chi connectivity index (χ1v) is 8.43. The average Bonchev–Trinajstić information content (AvgIpc) is 2.56. The van der Waals surface area contributed by atoms with Gasteiger partial charge in [0.15, 0.2) is 0 Å². The molecule has 7 nitrogen and oxygen atoms in total. The molecule has 2 N–H and O–H groups in total. The van der Waals surface area contributed by atoms with Gasteiger partial charge in [-0.2, -0.15) is 0 Å². The van der Waals surface area contributed by atoms with E-state index in [2.05, 4.69) is 27.9 Å². The second kappa shape index (κ2) is 8.56. The van der Waals surface area contributed by atoms with E-state index >= 15 is 0 Å². The Balaban J connectivity index is 2.05. The largest absolute Gasteiger partial charge is 0.480 e. The molecule has 1 amide bonds. The number of amides is 1. The third kappa shape index (κ3) is 5.52. The first-order chi connectivity index (χ1) is 11.9. The summed E-state index contributed by atoms with van der Waals surface area (Å²) in [5, 5.41) is 22.6. The maximum Gasteiger partial charge on any atom is 0.326 e. The lowest BCUT2D eigenvalue weighted by molar-refractivity contribution is -0.384. The predicted octanol–water partition coefficient (Wildman–Crippen LogP) is 2.55. The van der Waals surface area contributed by atoms with Crippen LogP contribution in [0.25, 0.3) is 0 Å². The van der Waals surface area contributed by atoms with Gasteiger partial charge in [-0.3, -0.25) is 14.9 Å². The number of hydrogen-bond donors (Lipinski definition) is 2. The molecule has 0 saturated carbocycles. The number of nitrogens with zero attached hydrogens (tertiary/aromatic N) is 1. The van der Waals surface area contributed by atoms with Crippen LogP contribution in [0.3, 0.4) is 0 Å². The molecule has 2 rings (SSSR count). The van der Waals surface area contributed by atoms with Gasteiger partial charge in [0.05, 0.1) is 11.3 Å². The monoisotopic (exact) mass is 454 g/mol. The number of carbonyl (C=O) groups is 2. The van der Waals surface area contributed by atoms with Gasteiger partial charge in [0.25, 0.3) is 5.69 Å². The molecule has 8 heteroatoms. The molecule has 0 aromatic heterocycles. The average molecular weight is 454 g/mol. The van der Waals surface area contributed by atoms with Crippen molar-refractivity contribution in [2.24, 2.45) is 0 Å². The number of rotatable bonds is 7. The van der Waals surface area contributed by atoms with E-state index in [4.69, 9.17) is 0 Å². The van der Waals surface area contributed by atoms with Crippen molar-refractivity contribution >= 4 is 40.2 Å². The van der Waals surface area contributed by atoms with Gasteiger partial charge < -0.3 is 10.4 Å². The maximum absolute atomic E-state index is 12.1. The number of carboxylic acid groups (broad SMARTS) is 1. The summed E-state index contributed by atoms with van der Waals surface area (Å²) in [4.78, 5) is 33.8. The second-order valence-corrected chi connectivity index (χ2v) is 6.52. The van der Waals surface area contributed by atoms with Gasteiger partial charge in [-0.05, 0) is 39.8 Å². The summed E-state index contributed by atoms with van der Waals surface area (Å²) in [6.07, 6.45) is 0.0342. The molecule has 0 heterocycles. The van der Waals surface area contributed by atoms with Gasteiger partial charge in [-0.15, -0.1) is 0 Å². The summed E-state index contributed by atoms with van der Waals surface area (Å²) in [5.74, 6) is -1.63. The van der Waals surface area contributed by atoms with Crippen molar-refractivity contribution in [1.82, 2.24) is 5.32 Å². The predicted molar refractivity (Wildman–Crippen MR) is 99.2 cm³/mol. The zero-order chi connectivity index (χ0) is 18.4. The molecule has 0 spiro atoms. The number of aliphatic carboxylic acids is 1. The van der Waals surface area contributed by atoms with Crippen molar-refractivity contribution in [2.75, 3.05) is 0 Å². The molecule has 0 aliphatic heterocycles. The van der Waals surface area contributed by atoms with E-state index in [0.717, 1.165) is 9.13 Å². The fraction of sp³-hybridized carbons (Fsp3) is 0.176. The van der Waals surface area contributed by atoms with Gasteiger partial charge in [0.2, 0.25) is 5.91 Å². The summed E-state index contributed by atoms with van der Waals surface area (Å²) in [6, 6.07) is 12.0. The molecule has 0 unspecified atom stereocenters. The highest BCUT2D eigenvalue weighted by atomic mass is 127. The van der Waals surface area contributed by atoms with Crippen LogP contribution >= 0.6 is 22.6 Å². The molecule has 0 saturated heterocycles. The van der Waals surface area contributed by atoms with Crippen molar-refractivity contribution in [2.45, 2.75) is 18.9 Å². The Labute approximate surface area is 157 Å². The van der Waals surface area contributed by atoms with Crippen LogP contribution in [0.5, 0.6) is 0 Å². The van der Waals surface area contributed by atoms with Crippen LogP contribution in [0.1, 0.15) is 11.1 Å².